The highest BCUT2D eigenvalue weighted by Gasteiger charge is 2.26. The third kappa shape index (κ3) is 2.35. The minimum absolute atomic E-state index is 0.340. The van der Waals surface area contributed by atoms with E-state index in [0.29, 0.717) is 5.25 Å². The summed E-state index contributed by atoms with van der Waals surface area (Å²) in [4.78, 5) is 14.7. The number of nitrogens with zero attached hydrogens (tertiary/aromatic N) is 6. The van der Waals surface area contributed by atoms with Crippen LogP contribution in [0, 0.1) is 20.8 Å². The van der Waals surface area contributed by atoms with Crippen LogP contribution in [-0.4, -0.2) is 34.6 Å². The lowest BCUT2D eigenvalue weighted by Gasteiger charge is -2.20. The van der Waals surface area contributed by atoms with Crippen molar-refractivity contribution in [2.75, 3.05) is 6.26 Å². The molecule has 0 amide bonds. The molecule has 2 aromatic carbocycles. The number of fused-ring (bicyclic) bond motifs is 6. The van der Waals surface area contributed by atoms with Crippen molar-refractivity contribution in [1.29, 1.82) is 0 Å². The molecule has 0 radical (unpaired) electrons. The Morgan fingerprint density at radius 2 is 1.76 bits per heavy atom. The highest BCUT2D eigenvalue weighted by atomic mass is 32.2. The van der Waals surface area contributed by atoms with E-state index in [1.807, 2.05) is 36.7 Å². The number of hydrogen-bond donors (Lipinski definition) is 0. The molecule has 0 spiro atoms. The van der Waals surface area contributed by atoms with Gasteiger partial charge in [0.2, 0.25) is 0 Å². The SMILES string of the molecule is CSC(C)c1cc(C)c2c3ncn(-c4ccc(C)cc4C)c3c3ncc4n5ccnc5c1c2n34. The highest BCUT2D eigenvalue weighted by Crippen LogP contribution is 2.42. The smallest absolute Gasteiger partial charge is 0.165 e. The van der Waals surface area contributed by atoms with Crippen LogP contribution in [-0.2, 0) is 0 Å². The molecule has 0 saturated carbocycles. The van der Waals surface area contributed by atoms with E-state index < -0.39 is 0 Å². The van der Waals surface area contributed by atoms with E-state index in [-0.39, 0.29) is 0 Å². The third-order valence-corrected chi connectivity index (χ3v) is 8.19. The van der Waals surface area contributed by atoms with Gasteiger partial charge in [-0.25, -0.2) is 15.0 Å². The zero-order chi connectivity index (χ0) is 23.3. The number of aromatic nitrogens is 6. The molecule has 5 heterocycles. The van der Waals surface area contributed by atoms with Gasteiger partial charge < -0.3 is 0 Å². The molecular formula is C27H24N6S. The van der Waals surface area contributed by atoms with Gasteiger partial charge in [0.1, 0.15) is 28.7 Å². The summed E-state index contributed by atoms with van der Waals surface area (Å²) in [6.45, 7) is 8.75. The molecule has 0 aliphatic heterocycles. The number of rotatable bonds is 3. The second-order valence-electron chi connectivity index (χ2n) is 9.26. The molecular weight excluding hydrogens is 440 g/mol. The molecule has 5 aromatic heterocycles. The Hall–Kier alpha value is -3.58. The third-order valence-electron chi connectivity index (χ3n) is 7.23. The first-order valence-electron chi connectivity index (χ1n) is 11.5. The van der Waals surface area contributed by atoms with Gasteiger partial charge in [-0.1, -0.05) is 23.8 Å². The van der Waals surface area contributed by atoms with Crippen molar-refractivity contribution in [3.63, 3.8) is 0 Å². The quantitative estimate of drug-likeness (QED) is 0.303. The number of pyridine rings is 1. The van der Waals surface area contributed by atoms with Crippen LogP contribution in [0.4, 0.5) is 0 Å². The summed E-state index contributed by atoms with van der Waals surface area (Å²) in [6.07, 6.45) is 9.99. The number of thioether (sulfide) groups is 1. The Bertz CT molecular complexity index is 1900. The van der Waals surface area contributed by atoms with Crippen molar-refractivity contribution in [2.45, 2.75) is 32.9 Å². The molecule has 7 aromatic rings. The normalized spacial score (nSPS) is 13.4. The second-order valence-corrected chi connectivity index (χ2v) is 10.4. The summed E-state index contributed by atoms with van der Waals surface area (Å²) in [7, 11) is 0. The monoisotopic (exact) mass is 464 g/mol. The summed E-state index contributed by atoms with van der Waals surface area (Å²) in [6, 6.07) is 8.89. The zero-order valence-corrected chi connectivity index (χ0v) is 20.6. The summed E-state index contributed by atoms with van der Waals surface area (Å²) in [5.74, 6) is 0. The van der Waals surface area contributed by atoms with Crippen LogP contribution in [0.5, 0.6) is 0 Å². The van der Waals surface area contributed by atoms with Crippen LogP contribution in [0.2, 0.25) is 0 Å². The molecule has 6 nitrogen and oxygen atoms in total. The maximum absolute atomic E-state index is 4.99. The van der Waals surface area contributed by atoms with Gasteiger partial charge in [-0.05, 0) is 56.7 Å². The lowest BCUT2D eigenvalue weighted by atomic mass is 9.97. The van der Waals surface area contributed by atoms with Crippen LogP contribution >= 0.6 is 11.8 Å². The highest BCUT2D eigenvalue weighted by molar-refractivity contribution is 7.98. The Labute approximate surface area is 200 Å². The Balaban J connectivity index is 1.77. The van der Waals surface area contributed by atoms with E-state index >= 15 is 0 Å². The van der Waals surface area contributed by atoms with E-state index in [1.165, 1.54) is 33.0 Å². The molecule has 0 fully saturated rings. The molecule has 1 atom stereocenters. The standard InChI is InChI=1S/C27H24N6S/c1-14-6-7-19(15(2)10-14)32-13-30-23-21-16(3)11-18(17(4)34-5)22-24(21)33-20(12-29-27(33)25(23)32)31-9-8-28-26(22)31/h6-13,17H,1-5H3. The lowest BCUT2D eigenvalue weighted by Crippen LogP contribution is -2.05. The van der Waals surface area contributed by atoms with E-state index in [2.05, 4.69) is 71.6 Å². The minimum Gasteiger partial charge on any atom is -0.295 e. The molecule has 7 heteroatoms. The fourth-order valence-corrected chi connectivity index (χ4v) is 6.05. The number of benzene rings is 2. The number of imidazole rings is 3. The topological polar surface area (TPSA) is 52.4 Å². The fraction of sp³-hybridized carbons (Fsp3) is 0.222. The first-order valence-corrected chi connectivity index (χ1v) is 12.8. The number of aryl methyl sites for hydroxylation is 3. The maximum atomic E-state index is 4.99. The molecule has 34 heavy (non-hydrogen) atoms. The van der Waals surface area contributed by atoms with Gasteiger partial charge in [0, 0.05) is 28.4 Å². The predicted molar refractivity (Wildman–Crippen MR) is 141 cm³/mol. The summed E-state index contributed by atoms with van der Waals surface area (Å²) < 4.78 is 6.67. The van der Waals surface area contributed by atoms with Gasteiger partial charge in [0.25, 0.3) is 0 Å². The van der Waals surface area contributed by atoms with Crippen LogP contribution in [0.3, 0.4) is 0 Å². The Morgan fingerprint density at radius 3 is 2.56 bits per heavy atom. The van der Waals surface area contributed by atoms with Gasteiger partial charge in [0.05, 0.1) is 17.4 Å². The van der Waals surface area contributed by atoms with Crippen molar-refractivity contribution in [2.24, 2.45) is 0 Å². The fourth-order valence-electron chi connectivity index (χ4n) is 5.61. The molecule has 0 bridgehead atoms. The molecule has 0 aliphatic carbocycles. The molecule has 1 unspecified atom stereocenters. The van der Waals surface area contributed by atoms with Crippen LogP contribution in [0.15, 0.2) is 49.2 Å². The van der Waals surface area contributed by atoms with Crippen LogP contribution in [0.1, 0.15) is 34.4 Å². The summed E-state index contributed by atoms with van der Waals surface area (Å²) in [5.41, 5.74) is 12.2. The van der Waals surface area contributed by atoms with E-state index in [0.717, 1.165) is 39.2 Å². The van der Waals surface area contributed by atoms with Crippen molar-refractivity contribution in [3.05, 3.63) is 71.4 Å². The first-order chi connectivity index (χ1) is 16.5. The van der Waals surface area contributed by atoms with E-state index in [9.17, 15) is 0 Å². The first kappa shape index (κ1) is 19.9. The molecule has 0 saturated heterocycles. The maximum Gasteiger partial charge on any atom is 0.165 e. The minimum atomic E-state index is 0.340. The van der Waals surface area contributed by atoms with E-state index in [1.54, 1.807) is 0 Å². The molecule has 0 N–H and O–H groups in total. The Kier molecular flexibility index (Phi) is 3.93. The lowest BCUT2D eigenvalue weighted by molar-refractivity contribution is 1.06. The van der Waals surface area contributed by atoms with Gasteiger partial charge in [-0.2, -0.15) is 11.8 Å². The Morgan fingerprint density at radius 1 is 0.912 bits per heavy atom. The largest absolute Gasteiger partial charge is 0.295 e. The van der Waals surface area contributed by atoms with E-state index in [4.69, 9.17) is 15.0 Å². The molecule has 168 valence electrons. The van der Waals surface area contributed by atoms with Crippen LogP contribution in [0.25, 0.3) is 50.0 Å². The predicted octanol–water partition coefficient (Wildman–Crippen LogP) is 6.41. The van der Waals surface area contributed by atoms with Gasteiger partial charge in [-0.3, -0.25) is 13.4 Å². The zero-order valence-electron chi connectivity index (χ0n) is 19.8. The van der Waals surface area contributed by atoms with Gasteiger partial charge in [0.15, 0.2) is 5.65 Å². The van der Waals surface area contributed by atoms with Gasteiger partial charge >= 0.3 is 0 Å². The average molecular weight is 465 g/mol. The van der Waals surface area contributed by atoms with Crippen molar-refractivity contribution in [1.82, 2.24) is 28.3 Å². The van der Waals surface area contributed by atoms with Crippen molar-refractivity contribution < 1.29 is 0 Å². The second kappa shape index (κ2) is 6.73. The summed E-state index contributed by atoms with van der Waals surface area (Å²) in [5, 5.41) is 2.70. The number of hydrogen-bond acceptors (Lipinski definition) is 4. The molecule has 7 rings (SSSR count). The van der Waals surface area contributed by atoms with Crippen molar-refractivity contribution >= 4 is 56.0 Å². The molecule has 0 aliphatic rings. The average Bonchev–Trinajstić information content (AvgIpc) is 3.56. The van der Waals surface area contributed by atoms with Gasteiger partial charge in [-0.15, -0.1) is 0 Å². The van der Waals surface area contributed by atoms with Crippen molar-refractivity contribution in [3.8, 4) is 5.69 Å². The summed E-state index contributed by atoms with van der Waals surface area (Å²) >= 11 is 1.86. The van der Waals surface area contributed by atoms with Crippen LogP contribution < -0.4 is 0 Å².